The molecular weight excluding hydrogens is 482 g/mol. The molecule has 0 fully saturated rings. The van der Waals surface area contributed by atoms with Gasteiger partial charge >= 0.3 is 5.97 Å². The molecule has 0 heterocycles. The van der Waals surface area contributed by atoms with Crippen molar-refractivity contribution < 1.29 is 23.9 Å². The van der Waals surface area contributed by atoms with Gasteiger partial charge in [-0.05, 0) is 54.7 Å². The Morgan fingerprint density at radius 3 is 1.95 bits per heavy atom. The Labute approximate surface area is 225 Å². The average molecular weight is 522 g/mol. The van der Waals surface area contributed by atoms with E-state index in [0.29, 0.717) is 25.7 Å². The van der Waals surface area contributed by atoms with Crippen molar-refractivity contribution in [2.75, 3.05) is 26.4 Å². The van der Waals surface area contributed by atoms with E-state index >= 15 is 0 Å². The third kappa shape index (κ3) is 11.7. The molecule has 38 heavy (non-hydrogen) atoms. The SMILES string of the molecule is O=C(COCC1C=CC1)OCCCCCCCCCCOc1ccc(/C=C/c2ccc([N+](=O)[O-])cc2)cc1. The summed E-state index contributed by atoms with van der Waals surface area (Å²) in [4.78, 5) is 21.9. The van der Waals surface area contributed by atoms with Gasteiger partial charge < -0.3 is 14.2 Å². The zero-order chi connectivity index (χ0) is 26.8. The number of ether oxygens (including phenoxy) is 3. The number of hydrogen-bond acceptors (Lipinski definition) is 6. The van der Waals surface area contributed by atoms with Gasteiger partial charge in [0.05, 0.1) is 24.7 Å². The van der Waals surface area contributed by atoms with Crippen molar-refractivity contribution in [2.45, 2.75) is 57.8 Å². The van der Waals surface area contributed by atoms with Crippen LogP contribution in [0.5, 0.6) is 5.75 Å². The van der Waals surface area contributed by atoms with Crippen LogP contribution < -0.4 is 4.74 Å². The van der Waals surface area contributed by atoms with Gasteiger partial charge in [-0.2, -0.15) is 0 Å². The van der Waals surface area contributed by atoms with Gasteiger partial charge in [-0.15, -0.1) is 0 Å². The number of hydrogen-bond donors (Lipinski definition) is 0. The van der Waals surface area contributed by atoms with E-state index in [9.17, 15) is 14.9 Å². The maximum absolute atomic E-state index is 11.6. The Hall–Kier alpha value is -3.45. The summed E-state index contributed by atoms with van der Waals surface area (Å²) in [7, 11) is 0. The molecule has 1 aliphatic carbocycles. The number of rotatable bonds is 19. The summed E-state index contributed by atoms with van der Waals surface area (Å²) in [6.07, 6.45) is 18.2. The molecule has 2 aromatic rings. The Morgan fingerprint density at radius 2 is 1.39 bits per heavy atom. The zero-order valence-electron chi connectivity index (χ0n) is 22.1. The fourth-order valence-corrected chi connectivity index (χ4v) is 4.00. The van der Waals surface area contributed by atoms with E-state index in [0.717, 1.165) is 49.0 Å². The van der Waals surface area contributed by atoms with Crippen molar-refractivity contribution in [3.05, 3.63) is 81.9 Å². The van der Waals surface area contributed by atoms with Crippen LogP contribution in [0.4, 0.5) is 5.69 Å². The molecule has 0 radical (unpaired) electrons. The monoisotopic (exact) mass is 521 g/mol. The van der Waals surface area contributed by atoms with Crippen molar-refractivity contribution >= 4 is 23.8 Å². The van der Waals surface area contributed by atoms with Crippen molar-refractivity contribution in [1.29, 1.82) is 0 Å². The Morgan fingerprint density at radius 1 is 0.842 bits per heavy atom. The van der Waals surface area contributed by atoms with Crippen LogP contribution in [0, 0.1) is 16.0 Å². The largest absolute Gasteiger partial charge is 0.494 e. The quantitative estimate of drug-likeness (QED) is 0.0478. The molecule has 7 heteroatoms. The molecule has 204 valence electrons. The summed E-state index contributed by atoms with van der Waals surface area (Å²) in [6.45, 7) is 1.87. The number of nitro benzene ring substituents is 1. The van der Waals surface area contributed by atoms with Gasteiger partial charge in [0.15, 0.2) is 0 Å². The first kappa shape index (κ1) is 29.1. The Balaban J connectivity index is 1.12. The second-order valence-corrected chi connectivity index (χ2v) is 9.59. The van der Waals surface area contributed by atoms with E-state index in [1.165, 1.54) is 37.8 Å². The normalized spacial score (nSPS) is 14.4. The van der Waals surface area contributed by atoms with Gasteiger partial charge in [0.1, 0.15) is 12.4 Å². The topological polar surface area (TPSA) is 87.9 Å². The highest BCUT2D eigenvalue weighted by Crippen LogP contribution is 2.18. The van der Waals surface area contributed by atoms with Gasteiger partial charge in [0, 0.05) is 18.1 Å². The van der Waals surface area contributed by atoms with Gasteiger partial charge in [-0.25, -0.2) is 4.79 Å². The van der Waals surface area contributed by atoms with Crippen LogP contribution in [0.15, 0.2) is 60.7 Å². The van der Waals surface area contributed by atoms with E-state index in [4.69, 9.17) is 14.2 Å². The van der Waals surface area contributed by atoms with Crippen LogP contribution in [-0.2, 0) is 14.3 Å². The van der Waals surface area contributed by atoms with E-state index in [2.05, 4.69) is 12.2 Å². The lowest BCUT2D eigenvalue weighted by Gasteiger charge is -2.16. The standard InChI is InChI=1S/C31H39NO6/c33-31(25-36-24-28-10-9-11-28)38-23-8-6-4-2-1-3-5-7-22-37-30-20-16-27(17-21-30)13-12-26-14-18-29(19-15-26)32(34)35/h9-10,12-21,28H,1-8,11,22-25H2/b13-12+. The molecule has 2 aromatic carbocycles. The summed E-state index contributed by atoms with van der Waals surface area (Å²) in [5.41, 5.74) is 2.05. The second-order valence-electron chi connectivity index (χ2n) is 9.59. The number of allylic oxidation sites excluding steroid dienone is 1. The third-order valence-corrected chi connectivity index (χ3v) is 6.42. The zero-order valence-corrected chi connectivity index (χ0v) is 22.1. The van der Waals surface area contributed by atoms with Crippen LogP contribution in [0.3, 0.4) is 0 Å². The van der Waals surface area contributed by atoms with Crippen LogP contribution in [0.2, 0.25) is 0 Å². The molecular formula is C31H39NO6. The highest BCUT2D eigenvalue weighted by atomic mass is 16.6. The summed E-state index contributed by atoms with van der Waals surface area (Å²) in [6, 6.07) is 14.4. The lowest BCUT2D eigenvalue weighted by Crippen LogP contribution is -2.18. The molecule has 0 N–H and O–H groups in total. The first-order chi connectivity index (χ1) is 18.6. The summed E-state index contributed by atoms with van der Waals surface area (Å²) in [5.74, 6) is 1.07. The van der Waals surface area contributed by atoms with Gasteiger partial charge in [-0.3, -0.25) is 10.1 Å². The molecule has 0 aromatic heterocycles. The predicted octanol–water partition coefficient (Wildman–Crippen LogP) is 7.40. The highest BCUT2D eigenvalue weighted by Gasteiger charge is 2.11. The number of nitro groups is 1. The number of nitrogens with zero attached hydrogens (tertiary/aromatic N) is 1. The maximum atomic E-state index is 11.6. The minimum Gasteiger partial charge on any atom is -0.494 e. The minimum atomic E-state index is -0.398. The average Bonchev–Trinajstić information content (AvgIpc) is 2.90. The maximum Gasteiger partial charge on any atom is 0.332 e. The van der Waals surface area contributed by atoms with E-state index < -0.39 is 4.92 Å². The summed E-state index contributed by atoms with van der Waals surface area (Å²) < 4.78 is 16.4. The fraction of sp³-hybridized carbons (Fsp3) is 0.452. The third-order valence-electron chi connectivity index (χ3n) is 6.42. The van der Waals surface area contributed by atoms with Crippen molar-refractivity contribution in [1.82, 2.24) is 0 Å². The van der Waals surface area contributed by atoms with E-state index in [1.807, 2.05) is 36.4 Å². The Kier molecular flexibility index (Phi) is 13.1. The first-order valence-electron chi connectivity index (χ1n) is 13.7. The number of non-ortho nitro benzene ring substituents is 1. The molecule has 0 bridgehead atoms. The van der Waals surface area contributed by atoms with E-state index in [-0.39, 0.29) is 18.3 Å². The minimum absolute atomic E-state index is 0.0584. The van der Waals surface area contributed by atoms with Crippen molar-refractivity contribution in [3.8, 4) is 5.75 Å². The van der Waals surface area contributed by atoms with Gasteiger partial charge in [-0.1, -0.05) is 75.0 Å². The van der Waals surface area contributed by atoms with Crippen LogP contribution >= 0.6 is 0 Å². The van der Waals surface area contributed by atoms with Crippen molar-refractivity contribution in [3.63, 3.8) is 0 Å². The number of benzene rings is 2. The summed E-state index contributed by atoms with van der Waals surface area (Å²) in [5, 5.41) is 10.7. The second kappa shape index (κ2) is 17.1. The van der Waals surface area contributed by atoms with Gasteiger partial charge in [0.25, 0.3) is 5.69 Å². The molecule has 0 saturated heterocycles. The molecule has 0 saturated carbocycles. The van der Waals surface area contributed by atoms with Crippen LogP contribution in [-0.4, -0.2) is 37.3 Å². The summed E-state index contributed by atoms with van der Waals surface area (Å²) >= 11 is 0. The predicted molar refractivity (Wildman–Crippen MR) is 150 cm³/mol. The molecule has 0 spiro atoms. The number of carbonyl (C=O) groups is 1. The smallest absolute Gasteiger partial charge is 0.332 e. The lowest BCUT2D eigenvalue weighted by atomic mass is 9.97. The molecule has 0 aliphatic heterocycles. The molecule has 3 rings (SSSR count). The highest BCUT2D eigenvalue weighted by molar-refractivity contribution is 5.71. The fourth-order valence-electron chi connectivity index (χ4n) is 4.00. The molecule has 1 aliphatic rings. The Bertz CT molecular complexity index is 1030. The number of esters is 1. The van der Waals surface area contributed by atoms with Gasteiger partial charge in [0.2, 0.25) is 0 Å². The first-order valence-corrected chi connectivity index (χ1v) is 13.7. The molecule has 1 unspecified atom stereocenters. The van der Waals surface area contributed by atoms with Crippen LogP contribution in [0.25, 0.3) is 12.2 Å². The number of unbranched alkanes of at least 4 members (excludes halogenated alkanes) is 7. The molecule has 7 nitrogen and oxygen atoms in total. The van der Waals surface area contributed by atoms with Crippen LogP contribution in [0.1, 0.15) is 68.9 Å². The number of carbonyl (C=O) groups excluding carboxylic acids is 1. The van der Waals surface area contributed by atoms with E-state index in [1.54, 1.807) is 12.1 Å². The lowest BCUT2D eigenvalue weighted by molar-refractivity contribution is -0.384. The molecule has 1 atom stereocenters. The molecule has 0 amide bonds. The van der Waals surface area contributed by atoms with Crippen molar-refractivity contribution in [2.24, 2.45) is 5.92 Å².